The maximum absolute atomic E-state index is 12.4. The lowest BCUT2D eigenvalue weighted by molar-refractivity contribution is -0.128. The number of rotatable bonds is 5. The number of carbonyl (C=O) groups is 2. The van der Waals surface area contributed by atoms with Crippen molar-refractivity contribution in [2.24, 2.45) is 0 Å². The summed E-state index contributed by atoms with van der Waals surface area (Å²) in [7, 11) is 0. The number of anilines is 1. The molecule has 1 unspecified atom stereocenters. The third-order valence-electron chi connectivity index (χ3n) is 4.83. The fourth-order valence-corrected chi connectivity index (χ4v) is 3.90. The average molecular weight is 441 g/mol. The first-order chi connectivity index (χ1) is 11.6. The highest BCUT2D eigenvalue weighted by molar-refractivity contribution is 14.1. The van der Waals surface area contributed by atoms with Gasteiger partial charge < -0.3 is 10.2 Å². The molecule has 1 aromatic carbocycles. The minimum absolute atomic E-state index is 0.0239. The number of amides is 2. The van der Waals surface area contributed by atoms with Gasteiger partial charge in [-0.2, -0.15) is 0 Å². The highest BCUT2D eigenvalue weighted by Gasteiger charge is 2.29. The second-order valence-electron chi connectivity index (χ2n) is 6.62. The average Bonchev–Trinajstić information content (AvgIpc) is 2.96. The first kappa shape index (κ1) is 17.7. The van der Waals surface area contributed by atoms with Gasteiger partial charge in [-0.15, -0.1) is 0 Å². The van der Waals surface area contributed by atoms with Crippen LogP contribution in [0.25, 0.3) is 0 Å². The van der Waals surface area contributed by atoms with Crippen LogP contribution in [-0.2, 0) is 9.59 Å². The fourth-order valence-electron chi connectivity index (χ4n) is 3.54. The molecule has 6 heteroatoms. The van der Waals surface area contributed by atoms with Crippen LogP contribution in [-0.4, -0.2) is 53.8 Å². The van der Waals surface area contributed by atoms with Crippen molar-refractivity contribution < 1.29 is 9.59 Å². The Morgan fingerprint density at radius 1 is 1.17 bits per heavy atom. The van der Waals surface area contributed by atoms with Crippen molar-refractivity contribution in [1.29, 1.82) is 0 Å². The summed E-state index contributed by atoms with van der Waals surface area (Å²) in [6.07, 6.45) is 5.03. The predicted molar refractivity (Wildman–Crippen MR) is 103 cm³/mol. The van der Waals surface area contributed by atoms with E-state index in [9.17, 15) is 9.59 Å². The Labute approximate surface area is 156 Å². The molecule has 1 aromatic rings. The predicted octanol–water partition coefficient (Wildman–Crippen LogP) is 2.71. The van der Waals surface area contributed by atoms with E-state index in [-0.39, 0.29) is 11.8 Å². The molecular formula is C18H24IN3O2. The lowest BCUT2D eigenvalue weighted by Gasteiger charge is -2.37. The van der Waals surface area contributed by atoms with Gasteiger partial charge in [-0.1, -0.05) is 6.42 Å². The molecule has 0 saturated carbocycles. The van der Waals surface area contributed by atoms with Crippen LogP contribution in [0.1, 0.15) is 32.1 Å². The van der Waals surface area contributed by atoms with Gasteiger partial charge >= 0.3 is 0 Å². The highest BCUT2D eigenvalue weighted by atomic mass is 127. The Kier molecular flexibility index (Phi) is 6.10. The first-order valence-corrected chi connectivity index (χ1v) is 9.77. The van der Waals surface area contributed by atoms with Crippen molar-refractivity contribution in [3.8, 4) is 0 Å². The van der Waals surface area contributed by atoms with E-state index in [1.807, 2.05) is 29.2 Å². The molecule has 0 spiro atoms. The third kappa shape index (κ3) is 4.69. The van der Waals surface area contributed by atoms with Gasteiger partial charge in [0.05, 0.1) is 6.54 Å². The zero-order valence-electron chi connectivity index (χ0n) is 13.8. The number of piperidine rings is 1. The molecule has 2 heterocycles. The van der Waals surface area contributed by atoms with Crippen LogP contribution in [0.5, 0.6) is 0 Å². The molecule has 5 nitrogen and oxygen atoms in total. The minimum atomic E-state index is 0.0239. The van der Waals surface area contributed by atoms with Crippen molar-refractivity contribution in [1.82, 2.24) is 9.80 Å². The molecule has 3 rings (SSSR count). The van der Waals surface area contributed by atoms with E-state index in [1.165, 1.54) is 6.42 Å². The van der Waals surface area contributed by atoms with Crippen molar-refractivity contribution in [3.63, 3.8) is 0 Å². The van der Waals surface area contributed by atoms with Gasteiger partial charge in [-0.25, -0.2) is 0 Å². The lowest BCUT2D eigenvalue weighted by atomic mass is 10.0. The number of likely N-dealkylation sites (tertiary alicyclic amines) is 2. The maximum atomic E-state index is 12.4. The summed E-state index contributed by atoms with van der Waals surface area (Å²) >= 11 is 2.25. The number of benzene rings is 1. The van der Waals surface area contributed by atoms with E-state index >= 15 is 0 Å². The van der Waals surface area contributed by atoms with Crippen LogP contribution in [0.3, 0.4) is 0 Å². The molecule has 2 fully saturated rings. The number of nitrogens with zero attached hydrogens (tertiary/aromatic N) is 2. The summed E-state index contributed by atoms with van der Waals surface area (Å²) in [5.41, 5.74) is 0.837. The second-order valence-corrected chi connectivity index (χ2v) is 7.86. The zero-order chi connectivity index (χ0) is 16.9. The van der Waals surface area contributed by atoms with Gasteiger partial charge in [0, 0.05) is 34.8 Å². The minimum Gasteiger partial charge on any atom is -0.341 e. The van der Waals surface area contributed by atoms with Gasteiger partial charge in [0.2, 0.25) is 11.8 Å². The maximum Gasteiger partial charge on any atom is 0.238 e. The van der Waals surface area contributed by atoms with Crippen LogP contribution in [0.2, 0.25) is 0 Å². The van der Waals surface area contributed by atoms with E-state index in [4.69, 9.17) is 0 Å². The van der Waals surface area contributed by atoms with Gasteiger partial charge in [-0.3, -0.25) is 14.5 Å². The topological polar surface area (TPSA) is 52.7 Å². The normalized spacial score (nSPS) is 22.0. The fraction of sp³-hybridized carbons (Fsp3) is 0.556. The van der Waals surface area contributed by atoms with Gasteiger partial charge in [0.15, 0.2) is 0 Å². The Bertz CT molecular complexity index is 590. The summed E-state index contributed by atoms with van der Waals surface area (Å²) < 4.78 is 1.15. The Balaban J connectivity index is 1.55. The molecule has 1 N–H and O–H groups in total. The molecule has 2 saturated heterocycles. The molecule has 24 heavy (non-hydrogen) atoms. The monoisotopic (exact) mass is 441 g/mol. The largest absolute Gasteiger partial charge is 0.341 e. The number of hydrogen-bond donors (Lipinski definition) is 1. The van der Waals surface area contributed by atoms with Crippen LogP contribution < -0.4 is 5.32 Å². The van der Waals surface area contributed by atoms with E-state index in [0.29, 0.717) is 19.0 Å². The molecule has 0 bridgehead atoms. The van der Waals surface area contributed by atoms with Crippen molar-refractivity contribution in [2.75, 3.05) is 31.5 Å². The number of hydrogen-bond acceptors (Lipinski definition) is 3. The molecule has 1 atom stereocenters. The van der Waals surface area contributed by atoms with Crippen LogP contribution in [0, 0.1) is 3.57 Å². The molecule has 0 aliphatic carbocycles. The smallest absolute Gasteiger partial charge is 0.238 e. The Morgan fingerprint density at radius 2 is 1.96 bits per heavy atom. The van der Waals surface area contributed by atoms with Crippen molar-refractivity contribution in [3.05, 3.63) is 27.8 Å². The van der Waals surface area contributed by atoms with E-state index in [1.54, 1.807) is 0 Å². The van der Waals surface area contributed by atoms with Crippen LogP contribution >= 0.6 is 22.6 Å². The van der Waals surface area contributed by atoms with Gasteiger partial charge in [0.1, 0.15) is 0 Å². The third-order valence-corrected chi connectivity index (χ3v) is 5.55. The summed E-state index contributed by atoms with van der Waals surface area (Å²) in [5, 5.41) is 2.97. The van der Waals surface area contributed by atoms with Crippen LogP contribution in [0.15, 0.2) is 24.3 Å². The number of carbonyl (C=O) groups excluding carboxylic acids is 2. The summed E-state index contributed by atoms with van der Waals surface area (Å²) in [5.74, 6) is 0.291. The van der Waals surface area contributed by atoms with E-state index < -0.39 is 0 Å². The highest BCUT2D eigenvalue weighted by Crippen LogP contribution is 2.20. The standard InChI is InChI=1S/C18H24IN3O2/c19-14-6-8-15(9-7-14)20-17(23)13-21-10-2-1-4-16(21)12-22-11-3-5-18(22)24/h6-9,16H,1-5,10-13H2,(H,20,23). The van der Waals surface area contributed by atoms with Crippen molar-refractivity contribution in [2.45, 2.75) is 38.1 Å². The number of nitrogens with one attached hydrogen (secondary N) is 1. The zero-order valence-corrected chi connectivity index (χ0v) is 16.0. The summed E-state index contributed by atoms with van der Waals surface area (Å²) in [4.78, 5) is 28.5. The molecule has 2 aliphatic rings. The molecular weight excluding hydrogens is 417 g/mol. The Morgan fingerprint density at radius 3 is 2.67 bits per heavy atom. The number of halogens is 1. The van der Waals surface area contributed by atoms with Gasteiger partial charge in [0.25, 0.3) is 0 Å². The molecule has 2 aliphatic heterocycles. The molecule has 0 radical (unpaired) electrons. The molecule has 2 amide bonds. The summed E-state index contributed by atoms with van der Waals surface area (Å²) in [6, 6.07) is 8.13. The lowest BCUT2D eigenvalue weighted by Crippen LogP contribution is -2.49. The first-order valence-electron chi connectivity index (χ1n) is 8.69. The van der Waals surface area contributed by atoms with Crippen LogP contribution in [0.4, 0.5) is 5.69 Å². The molecule has 0 aromatic heterocycles. The second kappa shape index (κ2) is 8.29. The summed E-state index contributed by atoms with van der Waals surface area (Å²) in [6.45, 7) is 2.99. The van der Waals surface area contributed by atoms with E-state index in [0.717, 1.165) is 48.2 Å². The Hall–Kier alpha value is -1.15. The quantitative estimate of drug-likeness (QED) is 0.716. The molecule has 130 valence electrons. The SMILES string of the molecule is O=C(CN1CCCCC1CN1CCCC1=O)Nc1ccc(I)cc1. The van der Waals surface area contributed by atoms with E-state index in [2.05, 4.69) is 32.8 Å². The van der Waals surface area contributed by atoms with Crippen molar-refractivity contribution >= 4 is 40.1 Å². The van der Waals surface area contributed by atoms with Gasteiger partial charge in [-0.05, 0) is 72.7 Å².